The molecular formula is C9H10N4O. The number of aromatic nitrogens is 2. The SMILES string of the molecule is N#Cc1cc(N2CCC(O)C2)ncn1. The van der Waals surface area contributed by atoms with Gasteiger partial charge in [0.2, 0.25) is 0 Å². The van der Waals surface area contributed by atoms with Crippen molar-refractivity contribution in [3.05, 3.63) is 18.1 Å². The van der Waals surface area contributed by atoms with Gasteiger partial charge in [-0.15, -0.1) is 0 Å². The Morgan fingerprint density at radius 3 is 3.07 bits per heavy atom. The van der Waals surface area contributed by atoms with Crippen LogP contribution in [0.5, 0.6) is 0 Å². The van der Waals surface area contributed by atoms with E-state index in [1.54, 1.807) is 6.07 Å². The number of nitrogens with zero attached hydrogens (tertiary/aromatic N) is 4. The molecule has 5 nitrogen and oxygen atoms in total. The molecule has 1 fully saturated rings. The van der Waals surface area contributed by atoms with Crippen molar-refractivity contribution in [1.82, 2.24) is 9.97 Å². The standard InChI is InChI=1S/C9H10N4O/c10-4-7-3-9(12-6-11-7)13-2-1-8(14)5-13/h3,6,8,14H,1-2,5H2. The summed E-state index contributed by atoms with van der Waals surface area (Å²) >= 11 is 0. The van der Waals surface area contributed by atoms with Crippen molar-refractivity contribution in [3.8, 4) is 6.07 Å². The lowest BCUT2D eigenvalue weighted by atomic mass is 10.3. The average Bonchev–Trinajstić information content (AvgIpc) is 2.65. The first-order valence-corrected chi connectivity index (χ1v) is 4.45. The number of β-amino-alcohol motifs (C(OH)–C–C–N with tert-alkyl or cyclic N) is 1. The molecule has 0 radical (unpaired) electrons. The number of hydrogen-bond acceptors (Lipinski definition) is 5. The van der Waals surface area contributed by atoms with Crippen LogP contribution in [-0.4, -0.2) is 34.3 Å². The molecular weight excluding hydrogens is 180 g/mol. The van der Waals surface area contributed by atoms with E-state index in [1.807, 2.05) is 11.0 Å². The van der Waals surface area contributed by atoms with Gasteiger partial charge in [-0.1, -0.05) is 0 Å². The lowest BCUT2D eigenvalue weighted by Crippen LogP contribution is -2.22. The molecule has 1 atom stereocenters. The minimum absolute atomic E-state index is 0.282. The number of aliphatic hydroxyl groups excluding tert-OH is 1. The van der Waals surface area contributed by atoms with E-state index in [-0.39, 0.29) is 6.10 Å². The molecule has 72 valence electrons. The Morgan fingerprint density at radius 1 is 1.57 bits per heavy atom. The van der Waals surface area contributed by atoms with Gasteiger partial charge in [0.25, 0.3) is 0 Å². The molecule has 0 amide bonds. The lowest BCUT2D eigenvalue weighted by molar-refractivity contribution is 0.198. The third-order valence-electron chi connectivity index (χ3n) is 2.25. The molecule has 1 unspecified atom stereocenters. The molecule has 1 N–H and O–H groups in total. The summed E-state index contributed by atoms with van der Waals surface area (Å²) in [4.78, 5) is 9.79. The summed E-state index contributed by atoms with van der Waals surface area (Å²) in [5.41, 5.74) is 0.358. The maximum Gasteiger partial charge on any atom is 0.145 e. The molecule has 0 bridgehead atoms. The second-order valence-electron chi connectivity index (χ2n) is 3.26. The van der Waals surface area contributed by atoms with E-state index in [0.717, 1.165) is 13.0 Å². The number of hydrogen-bond donors (Lipinski definition) is 1. The van der Waals surface area contributed by atoms with Gasteiger partial charge < -0.3 is 10.0 Å². The van der Waals surface area contributed by atoms with Gasteiger partial charge in [0.1, 0.15) is 23.9 Å². The highest BCUT2D eigenvalue weighted by atomic mass is 16.3. The van der Waals surface area contributed by atoms with Gasteiger partial charge in [0, 0.05) is 19.2 Å². The van der Waals surface area contributed by atoms with E-state index in [2.05, 4.69) is 9.97 Å². The zero-order valence-corrected chi connectivity index (χ0v) is 7.59. The molecule has 0 saturated carbocycles. The Labute approximate surface area is 81.6 Å². The zero-order chi connectivity index (χ0) is 9.97. The van der Waals surface area contributed by atoms with Crippen LogP contribution in [0.15, 0.2) is 12.4 Å². The Morgan fingerprint density at radius 2 is 2.43 bits per heavy atom. The molecule has 2 heterocycles. The maximum atomic E-state index is 9.34. The second kappa shape index (κ2) is 3.60. The van der Waals surface area contributed by atoms with E-state index in [1.165, 1.54) is 6.33 Å². The molecule has 1 aromatic heterocycles. The summed E-state index contributed by atoms with van der Waals surface area (Å²) in [5, 5.41) is 18.0. The topological polar surface area (TPSA) is 73.0 Å². The van der Waals surface area contributed by atoms with Gasteiger partial charge >= 0.3 is 0 Å². The van der Waals surface area contributed by atoms with Crippen molar-refractivity contribution < 1.29 is 5.11 Å². The molecule has 5 heteroatoms. The minimum Gasteiger partial charge on any atom is -0.391 e. The summed E-state index contributed by atoms with van der Waals surface area (Å²) < 4.78 is 0. The van der Waals surface area contributed by atoms with Gasteiger partial charge in [-0.05, 0) is 6.42 Å². The Balaban J connectivity index is 2.20. The van der Waals surface area contributed by atoms with Crippen LogP contribution >= 0.6 is 0 Å². The Bertz CT molecular complexity index is 373. The van der Waals surface area contributed by atoms with Crippen molar-refractivity contribution in [1.29, 1.82) is 5.26 Å². The highest BCUT2D eigenvalue weighted by Gasteiger charge is 2.21. The van der Waals surface area contributed by atoms with E-state index in [4.69, 9.17) is 5.26 Å². The first kappa shape index (κ1) is 8.91. The predicted molar refractivity (Wildman–Crippen MR) is 49.6 cm³/mol. The molecule has 0 spiro atoms. The van der Waals surface area contributed by atoms with Crippen LogP contribution in [0.2, 0.25) is 0 Å². The number of anilines is 1. The van der Waals surface area contributed by atoms with Crippen LogP contribution in [0, 0.1) is 11.3 Å². The fraction of sp³-hybridized carbons (Fsp3) is 0.444. The second-order valence-corrected chi connectivity index (χ2v) is 3.26. The normalized spacial score (nSPS) is 20.9. The average molecular weight is 190 g/mol. The highest BCUT2D eigenvalue weighted by molar-refractivity contribution is 5.42. The molecule has 1 aromatic rings. The molecule has 14 heavy (non-hydrogen) atoms. The molecule has 1 saturated heterocycles. The van der Waals surface area contributed by atoms with Crippen molar-refractivity contribution in [2.24, 2.45) is 0 Å². The third kappa shape index (κ3) is 1.65. The summed E-state index contributed by atoms with van der Waals surface area (Å²) in [6, 6.07) is 3.60. The van der Waals surface area contributed by atoms with Crippen LogP contribution < -0.4 is 4.90 Å². The molecule has 0 aliphatic carbocycles. The van der Waals surface area contributed by atoms with Crippen LogP contribution in [0.1, 0.15) is 12.1 Å². The lowest BCUT2D eigenvalue weighted by Gasteiger charge is -2.15. The van der Waals surface area contributed by atoms with Gasteiger partial charge in [0.05, 0.1) is 6.10 Å². The van der Waals surface area contributed by atoms with Gasteiger partial charge in [-0.25, -0.2) is 9.97 Å². The first-order valence-electron chi connectivity index (χ1n) is 4.45. The Kier molecular flexibility index (Phi) is 2.29. The quantitative estimate of drug-likeness (QED) is 0.670. The van der Waals surface area contributed by atoms with E-state index >= 15 is 0 Å². The third-order valence-corrected chi connectivity index (χ3v) is 2.25. The fourth-order valence-corrected chi connectivity index (χ4v) is 1.53. The van der Waals surface area contributed by atoms with Gasteiger partial charge in [0.15, 0.2) is 0 Å². The summed E-state index contributed by atoms with van der Waals surface area (Å²) in [5.74, 6) is 0.716. The summed E-state index contributed by atoms with van der Waals surface area (Å²) in [7, 11) is 0. The van der Waals surface area contributed by atoms with Gasteiger partial charge in [-0.3, -0.25) is 0 Å². The van der Waals surface area contributed by atoms with Crippen molar-refractivity contribution in [2.75, 3.05) is 18.0 Å². The van der Waals surface area contributed by atoms with Crippen LogP contribution in [0.25, 0.3) is 0 Å². The predicted octanol–water partition coefficient (Wildman–Crippen LogP) is -0.0807. The summed E-state index contributed by atoms with van der Waals surface area (Å²) in [6.45, 7) is 1.37. The van der Waals surface area contributed by atoms with Crippen molar-refractivity contribution >= 4 is 5.82 Å². The Hall–Kier alpha value is -1.67. The van der Waals surface area contributed by atoms with Crippen molar-refractivity contribution in [3.63, 3.8) is 0 Å². The van der Waals surface area contributed by atoms with E-state index in [9.17, 15) is 5.11 Å². The molecule has 0 aromatic carbocycles. The van der Waals surface area contributed by atoms with Crippen molar-refractivity contribution in [2.45, 2.75) is 12.5 Å². The molecule has 1 aliphatic heterocycles. The zero-order valence-electron chi connectivity index (χ0n) is 7.59. The maximum absolute atomic E-state index is 9.34. The largest absolute Gasteiger partial charge is 0.391 e. The number of aliphatic hydroxyl groups is 1. The summed E-state index contributed by atoms with van der Waals surface area (Å²) in [6.07, 6.45) is 1.85. The van der Waals surface area contributed by atoms with E-state index in [0.29, 0.717) is 18.1 Å². The smallest absolute Gasteiger partial charge is 0.145 e. The molecule has 1 aliphatic rings. The number of rotatable bonds is 1. The van der Waals surface area contributed by atoms with Crippen LogP contribution in [-0.2, 0) is 0 Å². The highest BCUT2D eigenvalue weighted by Crippen LogP contribution is 2.17. The van der Waals surface area contributed by atoms with Crippen LogP contribution in [0.4, 0.5) is 5.82 Å². The first-order chi connectivity index (χ1) is 6.79. The monoisotopic (exact) mass is 190 g/mol. The van der Waals surface area contributed by atoms with E-state index < -0.39 is 0 Å². The minimum atomic E-state index is -0.282. The molecule has 2 rings (SSSR count). The number of nitriles is 1. The van der Waals surface area contributed by atoms with Crippen LogP contribution in [0.3, 0.4) is 0 Å². The fourth-order valence-electron chi connectivity index (χ4n) is 1.53. The van der Waals surface area contributed by atoms with Gasteiger partial charge in [-0.2, -0.15) is 5.26 Å².